The number of primary amides is 1. The highest BCUT2D eigenvalue weighted by molar-refractivity contribution is 7.11. The smallest absolute Gasteiger partial charge is 0.255 e. The molecule has 0 saturated carbocycles. The number of hydrogen-bond donors (Lipinski definition) is 3. The van der Waals surface area contributed by atoms with Crippen molar-refractivity contribution in [3.05, 3.63) is 34.3 Å². The second-order valence-corrected chi connectivity index (χ2v) is 5.09. The largest absolute Gasteiger partial charge is 0.496 e. The number of methoxy groups -OCH3 is 1. The van der Waals surface area contributed by atoms with Gasteiger partial charge in [0, 0.05) is 17.1 Å². The molecular formula is C12H13ClN4O2S. The highest BCUT2D eigenvalue weighted by Gasteiger charge is 2.17. The minimum Gasteiger partial charge on any atom is -0.496 e. The van der Waals surface area contributed by atoms with Gasteiger partial charge in [-0.1, -0.05) is 17.7 Å². The van der Waals surface area contributed by atoms with Crippen molar-refractivity contribution in [2.75, 3.05) is 18.2 Å². The Morgan fingerprint density at radius 3 is 2.95 bits per heavy atom. The van der Waals surface area contributed by atoms with Crippen molar-refractivity contribution in [1.29, 1.82) is 0 Å². The van der Waals surface area contributed by atoms with Crippen LogP contribution in [-0.2, 0) is 6.54 Å². The number of amides is 1. The zero-order valence-electron chi connectivity index (χ0n) is 10.6. The van der Waals surface area contributed by atoms with E-state index in [1.165, 1.54) is 0 Å². The number of hydrogen-bond acceptors (Lipinski definition) is 6. The molecule has 20 heavy (non-hydrogen) atoms. The third kappa shape index (κ3) is 2.78. The lowest BCUT2D eigenvalue weighted by atomic mass is 10.2. The van der Waals surface area contributed by atoms with Crippen LogP contribution in [0.15, 0.2) is 18.2 Å². The molecule has 1 aromatic carbocycles. The molecule has 2 rings (SSSR count). The molecule has 0 saturated heterocycles. The summed E-state index contributed by atoms with van der Waals surface area (Å²) in [4.78, 5) is 11.3. The molecule has 0 aliphatic heterocycles. The summed E-state index contributed by atoms with van der Waals surface area (Å²) in [6, 6.07) is 5.36. The number of benzene rings is 1. The summed E-state index contributed by atoms with van der Waals surface area (Å²) in [7, 11) is 1.56. The molecule has 1 amide bonds. The van der Waals surface area contributed by atoms with Gasteiger partial charge in [-0.25, -0.2) is 0 Å². The minimum atomic E-state index is -0.620. The molecule has 5 N–H and O–H groups in total. The van der Waals surface area contributed by atoms with Crippen molar-refractivity contribution in [1.82, 2.24) is 4.37 Å². The second kappa shape index (κ2) is 5.98. The fourth-order valence-corrected chi connectivity index (χ4v) is 2.68. The lowest BCUT2D eigenvalue weighted by Gasteiger charge is -2.11. The van der Waals surface area contributed by atoms with Gasteiger partial charge in [0.05, 0.1) is 7.11 Å². The monoisotopic (exact) mass is 312 g/mol. The average Bonchev–Trinajstić information content (AvgIpc) is 2.78. The number of carbonyl (C=O) groups excluding carboxylic acids is 1. The van der Waals surface area contributed by atoms with Gasteiger partial charge in [0.15, 0.2) is 5.82 Å². The molecule has 0 aliphatic rings. The first-order valence-corrected chi connectivity index (χ1v) is 6.80. The zero-order chi connectivity index (χ0) is 14.7. The van der Waals surface area contributed by atoms with Crippen LogP contribution < -0.4 is 21.5 Å². The summed E-state index contributed by atoms with van der Waals surface area (Å²) >= 11 is 7.21. The molecule has 0 radical (unpaired) electrons. The first kappa shape index (κ1) is 14.4. The molecule has 0 bridgehead atoms. The molecule has 0 aliphatic carbocycles. The van der Waals surface area contributed by atoms with Gasteiger partial charge in [-0.15, -0.1) is 0 Å². The average molecular weight is 313 g/mol. The molecule has 106 valence electrons. The molecule has 8 heteroatoms. The van der Waals surface area contributed by atoms with Crippen LogP contribution >= 0.6 is 23.1 Å². The second-order valence-electron chi connectivity index (χ2n) is 3.91. The maximum atomic E-state index is 11.3. The molecule has 1 heterocycles. The molecular weight excluding hydrogens is 300 g/mol. The van der Waals surface area contributed by atoms with Crippen molar-refractivity contribution >= 4 is 39.9 Å². The van der Waals surface area contributed by atoms with Crippen molar-refractivity contribution < 1.29 is 9.53 Å². The predicted molar refractivity (Wildman–Crippen MR) is 80.4 cm³/mol. The fraction of sp³-hybridized carbons (Fsp3) is 0.167. The fourth-order valence-electron chi connectivity index (χ4n) is 1.73. The van der Waals surface area contributed by atoms with E-state index < -0.39 is 5.91 Å². The number of rotatable bonds is 5. The lowest BCUT2D eigenvalue weighted by molar-refractivity contribution is 0.100. The van der Waals surface area contributed by atoms with Crippen LogP contribution in [0.4, 0.5) is 10.8 Å². The summed E-state index contributed by atoms with van der Waals surface area (Å²) in [5, 5.41) is 4.13. The quantitative estimate of drug-likeness (QED) is 0.784. The Hall–Kier alpha value is -1.99. The summed E-state index contributed by atoms with van der Waals surface area (Å²) in [6.07, 6.45) is 0. The molecule has 6 nitrogen and oxygen atoms in total. The van der Waals surface area contributed by atoms with E-state index in [2.05, 4.69) is 9.69 Å². The first-order chi connectivity index (χ1) is 9.54. The van der Waals surface area contributed by atoms with Gasteiger partial charge in [-0.2, -0.15) is 4.37 Å². The molecule has 0 spiro atoms. The van der Waals surface area contributed by atoms with Crippen LogP contribution in [0.2, 0.25) is 5.02 Å². The predicted octanol–water partition coefficient (Wildman–Crippen LogP) is 2.10. The van der Waals surface area contributed by atoms with E-state index in [9.17, 15) is 4.79 Å². The van der Waals surface area contributed by atoms with E-state index in [0.29, 0.717) is 22.3 Å². The Morgan fingerprint density at radius 2 is 2.30 bits per heavy atom. The maximum absolute atomic E-state index is 11.3. The van der Waals surface area contributed by atoms with Gasteiger partial charge in [-0.05, 0) is 23.7 Å². The Balaban J connectivity index is 2.24. The van der Waals surface area contributed by atoms with E-state index >= 15 is 0 Å². The van der Waals surface area contributed by atoms with Crippen molar-refractivity contribution in [3.63, 3.8) is 0 Å². The van der Waals surface area contributed by atoms with E-state index in [0.717, 1.165) is 17.1 Å². The van der Waals surface area contributed by atoms with Gasteiger partial charge in [0.2, 0.25) is 0 Å². The van der Waals surface area contributed by atoms with Crippen LogP contribution in [-0.4, -0.2) is 17.4 Å². The van der Waals surface area contributed by atoms with E-state index in [1.807, 2.05) is 0 Å². The number of aromatic nitrogens is 1. The van der Waals surface area contributed by atoms with E-state index in [4.69, 9.17) is 27.8 Å². The Labute approximate surface area is 124 Å². The van der Waals surface area contributed by atoms with E-state index in [1.54, 1.807) is 25.3 Å². The summed E-state index contributed by atoms with van der Waals surface area (Å²) in [6.45, 7) is 0.366. The molecule has 0 fully saturated rings. The number of anilines is 2. The SMILES string of the molecule is COc1cccc(Cl)c1CNc1snc(N)c1C(N)=O. The maximum Gasteiger partial charge on any atom is 0.255 e. The van der Waals surface area contributed by atoms with Crippen molar-refractivity contribution in [2.45, 2.75) is 6.54 Å². The topological polar surface area (TPSA) is 103 Å². The van der Waals surface area contributed by atoms with Gasteiger partial charge in [0.25, 0.3) is 5.91 Å². The van der Waals surface area contributed by atoms with Crippen LogP contribution in [0.25, 0.3) is 0 Å². The summed E-state index contributed by atoms with van der Waals surface area (Å²) in [5.41, 5.74) is 11.8. The number of nitrogen functional groups attached to an aromatic ring is 1. The van der Waals surface area contributed by atoms with Crippen LogP contribution in [0.3, 0.4) is 0 Å². The van der Waals surface area contributed by atoms with Crippen molar-refractivity contribution in [2.24, 2.45) is 5.73 Å². The third-order valence-corrected chi connectivity index (χ3v) is 3.86. The van der Waals surface area contributed by atoms with Crippen LogP contribution in [0.5, 0.6) is 5.75 Å². The van der Waals surface area contributed by atoms with Crippen molar-refractivity contribution in [3.8, 4) is 5.75 Å². The molecule has 2 aromatic rings. The number of nitrogens with two attached hydrogens (primary N) is 2. The zero-order valence-corrected chi connectivity index (χ0v) is 12.2. The Morgan fingerprint density at radius 1 is 1.55 bits per heavy atom. The van der Waals surface area contributed by atoms with Crippen LogP contribution in [0, 0.1) is 0 Å². The minimum absolute atomic E-state index is 0.121. The standard InChI is InChI=1S/C12H13ClN4O2S/c1-19-8-4-2-3-7(13)6(8)5-16-12-9(11(15)18)10(14)17-20-12/h2-4,16H,5H2,1H3,(H2,14,17)(H2,15,18). The van der Waals surface area contributed by atoms with Gasteiger partial charge >= 0.3 is 0 Å². The van der Waals surface area contributed by atoms with Gasteiger partial charge in [0.1, 0.15) is 16.3 Å². The van der Waals surface area contributed by atoms with Gasteiger partial charge < -0.3 is 21.5 Å². The first-order valence-electron chi connectivity index (χ1n) is 5.64. The highest BCUT2D eigenvalue weighted by Crippen LogP contribution is 2.30. The summed E-state index contributed by atoms with van der Waals surface area (Å²) < 4.78 is 9.15. The number of nitrogens with zero attached hydrogens (tertiary/aromatic N) is 1. The molecule has 1 aromatic heterocycles. The Kier molecular flexibility index (Phi) is 4.31. The normalized spacial score (nSPS) is 10.3. The summed E-state index contributed by atoms with van der Waals surface area (Å²) in [5.74, 6) is 0.157. The van der Waals surface area contributed by atoms with E-state index in [-0.39, 0.29) is 11.4 Å². The molecule has 0 atom stereocenters. The number of carbonyl (C=O) groups is 1. The van der Waals surface area contributed by atoms with Gasteiger partial charge in [-0.3, -0.25) is 4.79 Å². The lowest BCUT2D eigenvalue weighted by Crippen LogP contribution is -2.14. The molecule has 0 unspecified atom stereocenters. The third-order valence-electron chi connectivity index (χ3n) is 2.69. The Bertz CT molecular complexity index is 644. The number of nitrogens with one attached hydrogen (secondary N) is 1. The highest BCUT2D eigenvalue weighted by atomic mass is 35.5. The van der Waals surface area contributed by atoms with Crippen LogP contribution in [0.1, 0.15) is 15.9 Å². The number of halogens is 1. The number of ether oxygens (including phenoxy) is 1.